The van der Waals surface area contributed by atoms with Gasteiger partial charge in [0.1, 0.15) is 5.56 Å². The van der Waals surface area contributed by atoms with E-state index in [1.165, 1.54) is 25.2 Å². The van der Waals surface area contributed by atoms with Crippen molar-refractivity contribution in [1.82, 2.24) is 20.0 Å². The van der Waals surface area contributed by atoms with E-state index < -0.39 is 0 Å². The first kappa shape index (κ1) is 14.8. The van der Waals surface area contributed by atoms with Crippen LogP contribution in [0.2, 0.25) is 0 Å². The van der Waals surface area contributed by atoms with Crippen molar-refractivity contribution in [3.63, 3.8) is 0 Å². The molecule has 2 heterocycles. The number of hydrogen-bond donors (Lipinski definition) is 1. The van der Waals surface area contributed by atoms with Crippen LogP contribution >= 0.6 is 0 Å². The van der Waals surface area contributed by atoms with Gasteiger partial charge in [-0.05, 0) is 19.9 Å². The molecule has 1 amide bonds. The number of carbonyl (C=O) groups is 1. The Balaban J connectivity index is 2.19. The zero-order valence-corrected chi connectivity index (χ0v) is 12.3. The summed E-state index contributed by atoms with van der Waals surface area (Å²) < 4.78 is 10.1. The molecule has 2 aromatic heterocycles. The summed E-state index contributed by atoms with van der Waals surface area (Å²) in [6.07, 6.45) is 1.49. The Morgan fingerprint density at radius 3 is 2.62 bits per heavy atom. The lowest BCUT2D eigenvalue weighted by molar-refractivity contribution is 0.102. The van der Waals surface area contributed by atoms with Gasteiger partial charge < -0.3 is 14.8 Å². The SMILES string of the molecule is COc1ccc(C(=O)Nc2cnn(C(C)C)n2)c(OC)n1. The van der Waals surface area contributed by atoms with E-state index in [0.29, 0.717) is 11.7 Å². The average Bonchev–Trinajstić information content (AvgIpc) is 2.95. The van der Waals surface area contributed by atoms with Crippen molar-refractivity contribution in [2.45, 2.75) is 19.9 Å². The van der Waals surface area contributed by atoms with Gasteiger partial charge in [-0.3, -0.25) is 4.79 Å². The first-order chi connectivity index (χ1) is 10.0. The highest BCUT2D eigenvalue weighted by Crippen LogP contribution is 2.20. The predicted molar refractivity (Wildman–Crippen MR) is 75.7 cm³/mol. The van der Waals surface area contributed by atoms with Crippen molar-refractivity contribution < 1.29 is 14.3 Å². The van der Waals surface area contributed by atoms with E-state index >= 15 is 0 Å². The molecule has 2 rings (SSSR count). The van der Waals surface area contributed by atoms with Crippen molar-refractivity contribution in [1.29, 1.82) is 0 Å². The highest BCUT2D eigenvalue weighted by atomic mass is 16.5. The highest BCUT2D eigenvalue weighted by molar-refractivity contribution is 6.05. The number of pyridine rings is 1. The molecule has 112 valence electrons. The molecular weight excluding hydrogens is 274 g/mol. The number of rotatable bonds is 5. The van der Waals surface area contributed by atoms with E-state index in [1.54, 1.807) is 12.1 Å². The second-order valence-corrected chi connectivity index (χ2v) is 4.51. The molecule has 21 heavy (non-hydrogen) atoms. The molecule has 0 unspecified atom stereocenters. The molecule has 8 heteroatoms. The number of methoxy groups -OCH3 is 2. The van der Waals surface area contributed by atoms with E-state index in [9.17, 15) is 4.79 Å². The molecule has 0 aliphatic carbocycles. The normalized spacial score (nSPS) is 10.5. The maximum atomic E-state index is 12.2. The predicted octanol–water partition coefficient (Wildman–Crippen LogP) is 1.52. The van der Waals surface area contributed by atoms with Crippen molar-refractivity contribution in [2.24, 2.45) is 0 Å². The Morgan fingerprint density at radius 2 is 2.05 bits per heavy atom. The quantitative estimate of drug-likeness (QED) is 0.898. The van der Waals surface area contributed by atoms with Gasteiger partial charge in [-0.25, -0.2) is 0 Å². The lowest BCUT2D eigenvalue weighted by Crippen LogP contribution is -2.15. The highest BCUT2D eigenvalue weighted by Gasteiger charge is 2.16. The summed E-state index contributed by atoms with van der Waals surface area (Å²) in [6.45, 7) is 3.89. The molecule has 2 aromatic rings. The molecule has 0 spiro atoms. The minimum Gasteiger partial charge on any atom is -0.481 e. The number of amides is 1. The van der Waals surface area contributed by atoms with Gasteiger partial charge in [0, 0.05) is 6.07 Å². The molecule has 0 radical (unpaired) electrons. The Kier molecular flexibility index (Phi) is 4.36. The lowest BCUT2D eigenvalue weighted by Gasteiger charge is -2.08. The first-order valence-electron chi connectivity index (χ1n) is 6.37. The second-order valence-electron chi connectivity index (χ2n) is 4.51. The minimum atomic E-state index is -0.377. The van der Waals surface area contributed by atoms with E-state index in [1.807, 2.05) is 13.8 Å². The number of ether oxygens (including phenoxy) is 2. The number of carbonyl (C=O) groups excluding carboxylic acids is 1. The van der Waals surface area contributed by atoms with Crippen LogP contribution in [0.25, 0.3) is 0 Å². The zero-order valence-electron chi connectivity index (χ0n) is 12.3. The third kappa shape index (κ3) is 3.28. The zero-order chi connectivity index (χ0) is 15.4. The average molecular weight is 291 g/mol. The molecule has 0 saturated heterocycles. The van der Waals surface area contributed by atoms with Crippen LogP contribution in [0.5, 0.6) is 11.8 Å². The van der Waals surface area contributed by atoms with Crippen LogP contribution in [0, 0.1) is 0 Å². The molecule has 8 nitrogen and oxygen atoms in total. The van der Waals surface area contributed by atoms with Gasteiger partial charge in [0.2, 0.25) is 11.8 Å². The summed E-state index contributed by atoms with van der Waals surface area (Å²) in [4.78, 5) is 17.8. The Hall–Kier alpha value is -2.64. The summed E-state index contributed by atoms with van der Waals surface area (Å²) in [6, 6.07) is 3.28. The van der Waals surface area contributed by atoms with E-state index in [-0.39, 0.29) is 23.4 Å². The van der Waals surface area contributed by atoms with Crippen molar-refractivity contribution in [3.8, 4) is 11.8 Å². The second kappa shape index (κ2) is 6.21. The first-order valence-corrected chi connectivity index (χ1v) is 6.37. The molecule has 0 bridgehead atoms. The van der Waals surface area contributed by atoms with E-state index in [0.717, 1.165) is 0 Å². The molecule has 0 aliphatic rings. The van der Waals surface area contributed by atoms with Crippen LogP contribution in [0.3, 0.4) is 0 Å². The molecular formula is C13H17N5O3. The van der Waals surface area contributed by atoms with Gasteiger partial charge in [0.05, 0.1) is 26.5 Å². The Bertz CT molecular complexity index is 638. The summed E-state index contributed by atoms with van der Waals surface area (Å²) in [5.74, 6) is 0.543. The van der Waals surface area contributed by atoms with Crippen LogP contribution in [0.1, 0.15) is 30.2 Å². The fraction of sp³-hybridized carbons (Fsp3) is 0.385. The number of anilines is 1. The van der Waals surface area contributed by atoms with Crippen LogP contribution in [0.15, 0.2) is 18.3 Å². The van der Waals surface area contributed by atoms with Crippen molar-refractivity contribution in [3.05, 3.63) is 23.9 Å². The lowest BCUT2D eigenvalue weighted by atomic mass is 10.2. The fourth-order valence-electron chi connectivity index (χ4n) is 1.63. The van der Waals surface area contributed by atoms with E-state index in [2.05, 4.69) is 20.5 Å². The van der Waals surface area contributed by atoms with Crippen LogP contribution in [-0.4, -0.2) is 40.1 Å². The van der Waals surface area contributed by atoms with Crippen molar-refractivity contribution in [2.75, 3.05) is 19.5 Å². The standard InChI is InChI=1S/C13H17N5O3/c1-8(2)18-14-7-10(17-18)15-12(19)9-5-6-11(20-3)16-13(9)21-4/h5-8H,1-4H3,(H,15,17,19). The van der Waals surface area contributed by atoms with Gasteiger partial charge in [-0.1, -0.05) is 0 Å². The van der Waals surface area contributed by atoms with Gasteiger partial charge in [-0.2, -0.15) is 14.9 Å². The van der Waals surface area contributed by atoms with Gasteiger partial charge in [0.25, 0.3) is 5.91 Å². The van der Waals surface area contributed by atoms with Crippen LogP contribution < -0.4 is 14.8 Å². The van der Waals surface area contributed by atoms with E-state index in [4.69, 9.17) is 9.47 Å². The molecule has 0 aliphatic heterocycles. The minimum absolute atomic E-state index is 0.118. The number of nitrogens with zero attached hydrogens (tertiary/aromatic N) is 4. The number of hydrogen-bond acceptors (Lipinski definition) is 6. The Morgan fingerprint density at radius 1 is 1.29 bits per heavy atom. The van der Waals surface area contributed by atoms with Crippen LogP contribution in [-0.2, 0) is 0 Å². The summed E-state index contributed by atoms with van der Waals surface area (Å²) >= 11 is 0. The fourth-order valence-corrected chi connectivity index (χ4v) is 1.63. The van der Waals surface area contributed by atoms with Gasteiger partial charge in [0.15, 0.2) is 5.82 Å². The number of aromatic nitrogens is 4. The smallest absolute Gasteiger partial charge is 0.262 e. The summed E-state index contributed by atoms with van der Waals surface area (Å²) in [5.41, 5.74) is 0.289. The molecule has 0 aromatic carbocycles. The third-order valence-corrected chi connectivity index (χ3v) is 2.69. The molecule has 0 atom stereocenters. The number of nitrogens with one attached hydrogen (secondary N) is 1. The van der Waals surface area contributed by atoms with Gasteiger partial charge >= 0.3 is 0 Å². The maximum absolute atomic E-state index is 12.2. The summed E-state index contributed by atoms with van der Waals surface area (Å²) in [7, 11) is 2.93. The summed E-state index contributed by atoms with van der Waals surface area (Å²) in [5, 5.41) is 10.9. The topological polar surface area (TPSA) is 91.2 Å². The molecule has 0 fully saturated rings. The Labute approximate surface area is 122 Å². The monoisotopic (exact) mass is 291 g/mol. The third-order valence-electron chi connectivity index (χ3n) is 2.69. The molecule has 0 saturated carbocycles. The largest absolute Gasteiger partial charge is 0.481 e. The van der Waals surface area contributed by atoms with Crippen molar-refractivity contribution >= 4 is 11.7 Å². The van der Waals surface area contributed by atoms with Gasteiger partial charge in [-0.15, -0.1) is 5.10 Å². The molecule has 1 N–H and O–H groups in total. The maximum Gasteiger partial charge on any atom is 0.262 e. The van der Waals surface area contributed by atoms with Crippen LogP contribution in [0.4, 0.5) is 5.82 Å².